The lowest BCUT2D eigenvalue weighted by Gasteiger charge is -2.29. The molecule has 2 aromatic rings. The maximum atomic E-state index is 12.3. The molecule has 1 aliphatic carbocycles. The van der Waals surface area contributed by atoms with Crippen LogP contribution in [0.25, 0.3) is 0 Å². The van der Waals surface area contributed by atoms with Crippen molar-refractivity contribution in [1.29, 1.82) is 0 Å². The predicted molar refractivity (Wildman–Crippen MR) is 122 cm³/mol. The van der Waals surface area contributed by atoms with Gasteiger partial charge in [-0.05, 0) is 49.8 Å². The molecule has 0 saturated heterocycles. The van der Waals surface area contributed by atoms with Crippen molar-refractivity contribution in [2.75, 3.05) is 24.2 Å². The maximum Gasteiger partial charge on any atom is 0.282 e. The van der Waals surface area contributed by atoms with Crippen molar-refractivity contribution >= 4 is 45.0 Å². The molecular formula is C21H28ClN3O2S2. The Hall–Kier alpha value is -1.44. The monoisotopic (exact) mass is 453 g/mol. The normalized spacial score (nSPS) is 15.8. The van der Waals surface area contributed by atoms with Gasteiger partial charge in [0.2, 0.25) is 0 Å². The fourth-order valence-corrected chi connectivity index (χ4v) is 5.19. The molecule has 0 bridgehead atoms. The Morgan fingerprint density at radius 1 is 1.28 bits per heavy atom. The second-order valence-corrected chi connectivity index (χ2v) is 10.3. The van der Waals surface area contributed by atoms with Crippen LogP contribution >= 0.6 is 22.9 Å². The number of thiazole rings is 1. The molecule has 158 valence electrons. The third-order valence-electron chi connectivity index (χ3n) is 5.29. The molecule has 1 aromatic heterocycles. The van der Waals surface area contributed by atoms with Gasteiger partial charge in [0.05, 0.1) is 0 Å². The number of aryl methyl sites for hydroxylation is 1. The van der Waals surface area contributed by atoms with Gasteiger partial charge < -0.3 is 4.90 Å². The minimum Gasteiger partial charge on any atom is -0.347 e. The van der Waals surface area contributed by atoms with Crippen molar-refractivity contribution in [3.8, 4) is 0 Å². The summed E-state index contributed by atoms with van der Waals surface area (Å²) in [6, 6.07) is 7.96. The zero-order valence-electron chi connectivity index (χ0n) is 16.9. The van der Waals surface area contributed by atoms with E-state index in [1.165, 1.54) is 55.3 Å². The van der Waals surface area contributed by atoms with E-state index >= 15 is 0 Å². The van der Waals surface area contributed by atoms with Crippen molar-refractivity contribution in [3.63, 3.8) is 0 Å². The third kappa shape index (κ3) is 6.52. The Labute approximate surface area is 184 Å². The second-order valence-electron chi connectivity index (χ2n) is 7.61. The van der Waals surface area contributed by atoms with Crippen LogP contribution in [0.3, 0.4) is 0 Å². The van der Waals surface area contributed by atoms with Crippen LogP contribution in [0.5, 0.6) is 0 Å². The van der Waals surface area contributed by atoms with Crippen LogP contribution in [-0.2, 0) is 17.4 Å². The average molecular weight is 454 g/mol. The Kier molecular flexibility index (Phi) is 8.09. The average Bonchev–Trinajstić information content (AvgIpc) is 3.08. The number of carbonyl (C=O) groups is 1. The number of halogens is 1. The van der Waals surface area contributed by atoms with Crippen LogP contribution in [0.2, 0.25) is 5.02 Å². The molecule has 3 rings (SSSR count). The molecule has 0 radical (unpaired) electrons. The zero-order chi connectivity index (χ0) is 20.8. The molecule has 0 spiro atoms. The summed E-state index contributed by atoms with van der Waals surface area (Å²) in [5.74, 6) is 0.291. The van der Waals surface area contributed by atoms with Crippen molar-refractivity contribution in [3.05, 3.63) is 45.4 Å². The minimum atomic E-state index is -1.40. The lowest BCUT2D eigenvalue weighted by Crippen LogP contribution is -2.32. The Balaban J connectivity index is 1.77. The number of hydrogen-bond donors (Lipinski definition) is 1. The first-order chi connectivity index (χ1) is 13.9. The Morgan fingerprint density at radius 2 is 1.97 bits per heavy atom. The molecule has 29 heavy (non-hydrogen) atoms. The highest BCUT2D eigenvalue weighted by atomic mass is 35.5. The summed E-state index contributed by atoms with van der Waals surface area (Å²) in [5, 5.41) is 1.61. The lowest BCUT2D eigenvalue weighted by molar-refractivity contribution is 0.0978. The first-order valence-corrected chi connectivity index (χ1v) is 12.8. The van der Waals surface area contributed by atoms with E-state index in [2.05, 4.69) is 26.7 Å². The first-order valence-electron chi connectivity index (χ1n) is 10.0. The van der Waals surface area contributed by atoms with E-state index in [1.807, 2.05) is 19.1 Å². The Morgan fingerprint density at radius 3 is 2.62 bits per heavy atom. The summed E-state index contributed by atoms with van der Waals surface area (Å²) in [4.78, 5) is 20.1. The van der Waals surface area contributed by atoms with Gasteiger partial charge in [-0.25, -0.2) is 9.19 Å². The summed E-state index contributed by atoms with van der Waals surface area (Å²) < 4.78 is 13.8. The number of nitrogens with zero attached hydrogens (tertiary/aromatic N) is 2. The summed E-state index contributed by atoms with van der Waals surface area (Å²) in [6.45, 7) is 3.69. The van der Waals surface area contributed by atoms with E-state index in [4.69, 9.17) is 11.6 Å². The summed E-state index contributed by atoms with van der Waals surface area (Å²) in [5.41, 5.74) is 1.61. The molecule has 1 aliphatic rings. The molecule has 0 aliphatic heterocycles. The van der Waals surface area contributed by atoms with Gasteiger partial charge in [0, 0.05) is 29.2 Å². The highest BCUT2D eigenvalue weighted by molar-refractivity contribution is 7.82. The van der Waals surface area contributed by atoms with Gasteiger partial charge in [0.1, 0.15) is 16.7 Å². The predicted octanol–water partition coefficient (Wildman–Crippen LogP) is 4.76. The van der Waals surface area contributed by atoms with E-state index in [0.717, 1.165) is 34.5 Å². The lowest BCUT2D eigenvalue weighted by atomic mass is 9.89. The van der Waals surface area contributed by atoms with E-state index in [1.54, 1.807) is 0 Å². The summed E-state index contributed by atoms with van der Waals surface area (Å²) >= 11 is 7.54. The first kappa shape index (κ1) is 22.2. The molecule has 1 unspecified atom stereocenters. The van der Waals surface area contributed by atoms with Gasteiger partial charge in [-0.15, -0.1) is 11.3 Å². The molecule has 1 atom stereocenters. The highest BCUT2D eigenvalue weighted by Crippen LogP contribution is 2.30. The van der Waals surface area contributed by atoms with E-state index < -0.39 is 11.0 Å². The standard InChI is InChI=1S/C21H28ClN3O2S2/c1-15-19(20(26)24-29(2)27)23-21(28-15)25(14-17-6-4-3-5-7-17)13-12-16-8-10-18(22)11-9-16/h8-11,17H,3-7,12-14H2,1-2H3,(H,24,26). The van der Waals surface area contributed by atoms with Crippen molar-refractivity contribution in [2.24, 2.45) is 5.92 Å². The number of aromatic nitrogens is 1. The van der Waals surface area contributed by atoms with E-state index in [9.17, 15) is 9.00 Å². The molecular weight excluding hydrogens is 426 g/mol. The van der Waals surface area contributed by atoms with Crippen LogP contribution in [0.4, 0.5) is 5.13 Å². The molecule has 1 amide bonds. The van der Waals surface area contributed by atoms with Crippen LogP contribution < -0.4 is 9.62 Å². The smallest absolute Gasteiger partial charge is 0.282 e. The quantitative estimate of drug-likeness (QED) is 0.626. The summed E-state index contributed by atoms with van der Waals surface area (Å²) in [7, 11) is -1.40. The zero-order valence-corrected chi connectivity index (χ0v) is 19.3. The van der Waals surface area contributed by atoms with Crippen LogP contribution in [-0.4, -0.2) is 34.4 Å². The fraction of sp³-hybridized carbons (Fsp3) is 0.524. The highest BCUT2D eigenvalue weighted by Gasteiger charge is 2.23. The van der Waals surface area contributed by atoms with Crippen molar-refractivity contribution < 1.29 is 9.00 Å². The molecule has 1 aromatic carbocycles. The maximum absolute atomic E-state index is 12.3. The number of benzene rings is 1. The number of rotatable bonds is 8. The number of carbonyl (C=O) groups excluding carboxylic acids is 1. The summed E-state index contributed by atoms with van der Waals surface area (Å²) in [6.07, 6.45) is 8.76. The van der Waals surface area contributed by atoms with Crippen LogP contribution in [0.15, 0.2) is 24.3 Å². The number of anilines is 1. The molecule has 1 N–H and O–H groups in total. The number of amides is 1. The van der Waals surface area contributed by atoms with Gasteiger partial charge in [-0.1, -0.05) is 43.0 Å². The largest absolute Gasteiger partial charge is 0.347 e. The molecule has 1 heterocycles. The second kappa shape index (κ2) is 10.5. The van der Waals surface area contributed by atoms with E-state index in [-0.39, 0.29) is 5.91 Å². The van der Waals surface area contributed by atoms with Gasteiger partial charge in [0.25, 0.3) is 5.91 Å². The molecule has 5 nitrogen and oxygen atoms in total. The molecule has 1 fully saturated rings. The molecule has 1 saturated carbocycles. The van der Waals surface area contributed by atoms with Crippen molar-refractivity contribution in [1.82, 2.24) is 9.71 Å². The van der Waals surface area contributed by atoms with Gasteiger partial charge in [-0.3, -0.25) is 9.52 Å². The van der Waals surface area contributed by atoms with Crippen LogP contribution in [0, 0.1) is 12.8 Å². The minimum absolute atomic E-state index is 0.374. The number of nitrogens with one attached hydrogen (secondary N) is 1. The van der Waals surface area contributed by atoms with Gasteiger partial charge >= 0.3 is 0 Å². The topological polar surface area (TPSA) is 62.3 Å². The number of hydrogen-bond acceptors (Lipinski definition) is 5. The van der Waals surface area contributed by atoms with Crippen LogP contribution in [0.1, 0.15) is 53.0 Å². The van der Waals surface area contributed by atoms with Gasteiger partial charge in [0.15, 0.2) is 5.13 Å². The van der Waals surface area contributed by atoms with E-state index in [0.29, 0.717) is 11.6 Å². The van der Waals surface area contributed by atoms with Crippen molar-refractivity contribution in [2.45, 2.75) is 45.4 Å². The molecule has 8 heteroatoms. The fourth-order valence-electron chi connectivity index (χ4n) is 3.77. The third-order valence-corrected chi connectivity index (χ3v) is 7.05. The SMILES string of the molecule is Cc1sc(N(CCc2ccc(Cl)cc2)CC2CCCCC2)nc1C(=O)NS(C)=O. The van der Waals surface area contributed by atoms with Gasteiger partial charge in [-0.2, -0.15) is 0 Å². The Bertz CT molecular complexity index is 848.